The highest BCUT2D eigenvalue weighted by atomic mass is 19.2. The fraction of sp³-hybridized carbons (Fsp3) is 0.550. The van der Waals surface area contributed by atoms with Crippen LogP contribution in [0.1, 0.15) is 36.2 Å². The molecule has 1 unspecified atom stereocenters. The predicted octanol–water partition coefficient (Wildman–Crippen LogP) is 3.48. The number of H-pyrrole nitrogens is 1. The summed E-state index contributed by atoms with van der Waals surface area (Å²) >= 11 is 0. The molecule has 0 saturated carbocycles. The van der Waals surface area contributed by atoms with E-state index in [1.54, 1.807) is 12.4 Å². The van der Waals surface area contributed by atoms with Gasteiger partial charge in [0.05, 0.1) is 12.0 Å². The lowest BCUT2D eigenvalue weighted by Crippen LogP contribution is -2.44. The largest absolute Gasteiger partial charge is 0.348 e. The van der Waals surface area contributed by atoms with E-state index in [2.05, 4.69) is 26.7 Å². The van der Waals surface area contributed by atoms with E-state index in [1.807, 2.05) is 0 Å². The second-order valence-corrected chi connectivity index (χ2v) is 8.00. The molecule has 26 heavy (non-hydrogen) atoms. The Morgan fingerprint density at radius 2 is 1.88 bits per heavy atom. The Morgan fingerprint density at radius 1 is 1.08 bits per heavy atom. The molecule has 2 aliphatic heterocycles. The standard InChI is InChI=1S/C20H26F2N4/c1-15-19(24-14-23-15)11-26-8-6-20(13-26)5-2-7-25(12-20)10-16-3-4-17(21)18(22)9-16/h3-4,9,14H,2,5-8,10-13H2,1H3,(H,23,24). The van der Waals surface area contributed by atoms with Crippen molar-refractivity contribution < 1.29 is 8.78 Å². The number of halogens is 2. The Hall–Kier alpha value is -1.79. The fourth-order valence-corrected chi connectivity index (χ4v) is 4.60. The third-order valence-electron chi connectivity index (χ3n) is 5.96. The van der Waals surface area contributed by atoms with Crippen LogP contribution in [-0.2, 0) is 13.1 Å². The van der Waals surface area contributed by atoms with E-state index in [-0.39, 0.29) is 0 Å². The van der Waals surface area contributed by atoms with Gasteiger partial charge < -0.3 is 4.98 Å². The van der Waals surface area contributed by atoms with Crippen molar-refractivity contribution in [1.29, 1.82) is 0 Å². The van der Waals surface area contributed by atoms with Crippen LogP contribution in [0.15, 0.2) is 24.5 Å². The maximum absolute atomic E-state index is 13.5. The Bertz CT molecular complexity index is 775. The number of hydrogen-bond donors (Lipinski definition) is 1. The Kier molecular flexibility index (Phi) is 4.80. The highest BCUT2D eigenvalue weighted by Gasteiger charge is 2.41. The van der Waals surface area contributed by atoms with E-state index in [1.165, 1.54) is 31.4 Å². The summed E-state index contributed by atoms with van der Waals surface area (Å²) < 4.78 is 26.6. The number of imidazole rings is 1. The monoisotopic (exact) mass is 360 g/mol. The van der Waals surface area contributed by atoms with E-state index in [9.17, 15) is 8.78 Å². The number of rotatable bonds is 4. The summed E-state index contributed by atoms with van der Waals surface area (Å²) in [5.74, 6) is -1.53. The molecule has 4 rings (SSSR count). The molecule has 2 aliphatic rings. The zero-order valence-corrected chi connectivity index (χ0v) is 15.3. The predicted molar refractivity (Wildman–Crippen MR) is 96.5 cm³/mol. The Labute approximate surface area is 153 Å². The van der Waals surface area contributed by atoms with Crippen LogP contribution in [-0.4, -0.2) is 45.9 Å². The third-order valence-corrected chi connectivity index (χ3v) is 5.96. The Morgan fingerprint density at radius 3 is 2.62 bits per heavy atom. The highest BCUT2D eigenvalue weighted by Crippen LogP contribution is 2.39. The number of likely N-dealkylation sites (tertiary alicyclic amines) is 2. The average Bonchev–Trinajstić information content (AvgIpc) is 3.18. The van der Waals surface area contributed by atoms with Crippen molar-refractivity contribution in [3.63, 3.8) is 0 Å². The van der Waals surface area contributed by atoms with Crippen LogP contribution >= 0.6 is 0 Å². The highest BCUT2D eigenvalue weighted by molar-refractivity contribution is 5.18. The molecule has 3 heterocycles. The zero-order chi connectivity index (χ0) is 18.1. The minimum absolute atomic E-state index is 0.320. The van der Waals surface area contributed by atoms with Crippen LogP contribution in [0.2, 0.25) is 0 Å². The maximum atomic E-state index is 13.5. The maximum Gasteiger partial charge on any atom is 0.159 e. The molecule has 1 aromatic carbocycles. The summed E-state index contributed by atoms with van der Waals surface area (Å²) in [5, 5.41) is 0. The first kappa shape index (κ1) is 17.6. The molecule has 0 bridgehead atoms. The van der Waals surface area contributed by atoms with Gasteiger partial charge >= 0.3 is 0 Å². The smallest absolute Gasteiger partial charge is 0.159 e. The molecule has 140 valence electrons. The molecule has 4 nitrogen and oxygen atoms in total. The SMILES string of the molecule is Cc1[nH]cnc1CN1CCC2(CCCN(Cc3ccc(F)c(F)c3)C2)C1. The summed E-state index contributed by atoms with van der Waals surface area (Å²) in [7, 11) is 0. The minimum atomic E-state index is -0.774. The molecule has 0 radical (unpaired) electrons. The number of aromatic nitrogens is 2. The van der Waals surface area contributed by atoms with Crippen molar-refractivity contribution in [3.05, 3.63) is 53.1 Å². The van der Waals surface area contributed by atoms with Gasteiger partial charge in [-0.05, 0) is 62.4 Å². The lowest BCUT2D eigenvalue weighted by molar-refractivity contribution is 0.0864. The lowest BCUT2D eigenvalue weighted by Gasteiger charge is -2.40. The number of aromatic amines is 1. The van der Waals surface area contributed by atoms with E-state index < -0.39 is 11.6 Å². The van der Waals surface area contributed by atoms with Gasteiger partial charge in [-0.25, -0.2) is 13.8 Å². The summed E-state index contributed by atoms with van der Waals surface area (Å²) in [6.07, 6.45) is 5.38. The Balaban J connectivity index is 1.38. The van der Waals surface area contributed by atoms with Gasteiger partial charge in [0.2, 0.25) is 0 Å². The van der Waals surface area contributed by atoms with Gasteiger partial charge in [0, 0.05) is 31.9 Å². The molecule has 1 aromatic heterocycles. The molecule has 2 aromatic rings. The fourth-order valence-electron chi connectivity index (χ4n) is 4.60. The number of hydrogen-bond acceptors (Lipinski definition) is 3. The van der Waals surface area contributed by atoms with Gasteiger partial charge in [-0.2, -0.15) is 0 Å². The first-order chi connectivity index (χ1) is 12.5. The normalized spacial score (nSPS) is 24.6. The summed E-state index contributed by atoms with van der Waals surface area (Å²) in [6.45, 7) is 7.91. The van der Waals surface area contributed by atoms with Gasteiger partial charge in [-0.15, -0.1) is 0 Å². The molecule has 1 atom stereocenters. The molecule has 2 saturated heterocycles. The van der Waals surface area contributed by atoms with Crippen molar-refractivity contribution >= 4 is 0 Å². The van der Waals surface area contributed by atoms with Gasteiger partial charge in [0.25, 0.3) is 0 Å². The van der Waals surface area contributed by atoms with Crippen LogP contribution in [0.25, 0.3) is 0 Å². The topological polar surface area (TPSA) is 35.2 Å². The van der Waals surface area contributed by atoms with Crippen molar-refractivity contribution in [3.8, 4) is 0 Å². The van der Waals surface area contributed by atoms with E-state index >= 15 is 0 Å². The number of nitrogens with one attached hydrogen (secondary N) is 1. The van der Waals surface area contributed by atoms with Crippen LogP contribution < -0.4 is 0 Å². The van der Waals surface area contributed by atoms with E-state index in [0.717, 1.165) is 49.7 Å². The molecule has 6 heteroatoms. The van der Waals surface area contributed by atoms with Gasteiger partial charge in [-0.1, -0.05) is 6.07 Å². The van der Waals surface area contributed by atoms with Crippen LogP contribution in [0, 0.1) is 24.0 Å². The molecule has 1 N–H and O–H groups in total. The number of aryl methyl sites for hydroxylation is 1. The summed E-state index contributed by atoms with van der Waals surface area (Å²) in [4.78, 5) is 12.5. The average molecular weight is 360 g/mol. The van der Waals surface area contributed by atoms with Crippen LogP contribution in [0.3, 0.4) is 0 Å². The number of benzene rings is 1. The van der Waals surface area contributed by atoms with Crippen LogP contribution in [0.4, 0.5) is 8.78 Å². The first-order valence-corrected chi connectivity index (χ1v) is 9.41. The van der Waals surface area contributed by atoms with Crippen molar-refractivity contribution in [2.45, 2.75) is 39.3 Å². The second kappa shape index (κ2) is 7.08. The van der Waals surface area contributed by atoms with Gasteiger partial charge in [-0.3, -0.25) is 9.80 Å². The minimum Gasteiger partial charge on any atom is -0.348 e. The van der Waals surface area contributed by atoms with Crippen molar-refractivity contribution in [2.75, 3.05) is 26.2 Å². The second-order valence-electron chi connectivity index (χ2n) is 8.00. The number of piperidine rings is 1. The quantitative estimate of drug-likeness (QED) is 0.907. The third kappa shape index (κ3) is 3.67. The molecule has 0 amide bonds. The molecule has 1 spiro atoms. The van der Waals surface area contributed by atoms with Crippen molar-refractivity contribution in [2.24, 2.45) is 5.41 Å². The molecular formula is C20H26F2N4. The first-order valence-electron chi connectivity index (χ1n) is 9.41. The van der Waals surface area contributed by atoms with Crippen LogP contribution in [0.5, 0.6) is 0 Å². The zero-order valence-electron chi connectivity index (χ0n) is 15.3. The van der Waals surface area contributed by atoms with E-state index in [4.69, 9.17) is 0 Å². The lowest BCUT2D eigenvalue weighted by atomic mass is 9.79. The van der Waals surface area contributed by atoms with Gasteiger partial charge in [0.15, 0.2) is 11.6 Å². The van der Waals surface area contributed by atoms with Gasteiger partial charge in [0.1, 0.15) is 0 Å². The summed E-state index contributed by atoms with van der Waals surface area (Å²) in [5.41, 5.74) is 3.45. The molecular weight excluding hydrogens is 334 g/mol. The van der Waals surface area contributed by atoms with E-state index in [0.29, 0.717) is 12.0 Å². The number of nitrogens with zero attached hydrogens (tertiary/aromatic N) is 3. The molecule has 0 aliphatic carbocycles. The van der Waals surface area contributed by atoms with Crippen molar-refractivity contribution in [1.82, 2.24) is 19.8 Å². The summed E-state index contributed by atoms with van der Waals surface area (Å²) in [6, 6.07) is 4.26. The molecule has 2 fully saturated rings.